The first-order valence-corrected chi connectivity index (χ1v) is 8.44. The molecule has 1 saturated heterocycles. The van der Waals surface area contributed by atoms with Gasteiger partial charge in [-0.05, 0) is 25.1 Å². The lowest BCUT2D eigenvalue weighted by Crippen LogP contribution is -2.26. The van der Waals surface area contributed by atoms with Gasteiger partial charge in [-0.25, -0.2) is 0 Å². The standard InChI is InChI=1S/C15H21NOS2/c1-15(2)7-8-16(9-11-18-15)12-14-6-5-13(19-14)4-3-10-17/h5-6,17H,7-12H2,1-2H3. The van der Waals surface area contributed by atoms with Gasteiger partial charge in [0.05, 0.1) is 4.88 Å². The Bertz CT molecular complexity index is 470. The number of thiophene rings is 1. The van der Waals surface area contributed by atoms with Crippen LogP contribution in [-0.2, 0) is 6.54 Å². The first-order chi connectivity index (χ1) is 9.09. The van der Waals surface area contributed by atoms with Gasteiger partial charge in [-0.1, -0.05) is 25.7 Å². The van der Waals surface area contributed by atoms with Crippen LogP contribution in [0.4, 0.5) is 0 Å². The minimum Gasteiger partial charge on any atom is -0.384 e. The highest BCUT2D eigenvalue weighted by atomic mass is 32.2. The highest BCUT2D eigenvalue weighted by molar-refractivity contribution is 8.00. The largest absolute Gasteiger partial charge is 0.384 e. The van der Waals surface area contributed by atoms with Gasteiger partial charge in [-0.15, -0.1) is 11.3 Å². The highest BCUT2D eigenvalue weighted by Gasteiger charge is 2.23. The van der Waals surface area contributed by atoms with Crippen molar-refractivity contribution in [2.75, 3.05) is 25.4 Å². The first-order valence-electron chi connectivity index (χ1n) is 6.64. The smallest absolute Gasteiger partial charge is 0.104 e. The van der Waals surface area contributed by atoms with Gasteiger partial charge in [0.1, 0.15) is 6.61 Å². The van der Waals surface area contributed by atoms with Gasteiger partial charge in [-0.3, -0.25) is 4.90 Å². The van der Waals surface area contributed by atoms with Crippen molar-refractivity contribution in [1.29, 1.82) is 0 Å². The molecule has 4 heteroatoms. The van der Waals surface area contributed by atoms with Gasteiger partial charge >= 0.3 is 0 Å². The van der Waals surface area contributed by atoms with Crippen molar-refractivity contribution in [2.45, 2.75) is 31.6 Å². The van der Waals surface area contributed by atoms with E-state index in [2.05, 4.69) is 54.5 Å². The van der Waals surface area contributed by atoms with Gasteiger partial charge in [-0.2, -0.15) is 11.8 Å². The molecule has 1 aliphatic heterocycles. The molecule has 104 valence electrons. The maximum absolute atomic E-state index is 8.70. The third-order valence-corrected chi connectivity index (χ3v) is 5.62. The van der Waals surface area contributed by atoms with Crippen molar-refractivity contribution >= 4 is 23.1 Å². The average molecular weight is 295 g/mol. The summed E-state index contributed by atoms with van der Waals surface area (Å²) in [6, 6.07) is 4.22. The van der Waals surface area contributed by atoms with Gasteiger partial charge in [0.15, 0.2) is 0 Å². The van der Waals surface area contributed by atoms with Crippen LogP contribution in [0.3, 0.4) is 0 Å². The molecule has 0 aliphatic carbocycles. The van der Waals surface area contributed by atoms with E-state index in [1.54, 1.807) is 11.3 Å². The van der Waals surface area contributed by atoms with Crippen LogP contribution in [0.2, 0.25) is 0 Å². The summed E-state index contributed by atoms with van der Waals surface area (Å²) in [5.41, 5.74) is 0. The van der Waals surface area contributed by atoms with Gasteiger partial charge in [0.25, 0.3) is 0 Å². The van der Waals surface area contributed by atoms with Crippen LogP contribution in [0.5, 0.6) is 0 Å². The minimum absolute atomic E-state index is 0.0638. The first kappa shape index (κ1) is 14.9. The van der Waals surface area contributed by atoms with Gasteiger partial charge in [0, 0.05) is 28.5 Å². The van der Waals surface area contributed by atoms with E-state index in [4.69, 9.17) is 5.11 Å². The van der Waals surface area contributed by atoms with E-state index in [0.717, 1.165) is 11.4 Å². The summed E-state index contributed by atoms with van der Waals surface area (Å²) in [4.78, 5) is 4.96. The van der Waals surface area contributed by atoms with Crippen molar-refractivity contribution in [3.63, 3.8) is 0 Å². The Morgan fingerprint density at radius 1 is 1.37 bits per heavy atom. The Morgan fingerprint density at radius 2 is 2.21 bits per heavy atom. The molecule has 1 aromatic heterocycles. The molecule has 0 bridgehead atoms. The van der Waals surface area contributed by atoms with Crippen LogP contribution in [0.1, 0.15) is 30.0 Å². The maximum Gasteiger partial charge on any atom is 0.104 e. The summed E-state index contributed by atoms with van der Waals surface area (Å²) in [5, 5.41) is 8.70. The summed E-state index contributed by atoms with van der Waals surface area (Å²) in [6.45, 7) is 8.00. The minimum atomic E-state index is -0.0638. The van der Waals surface area contributed by atoms with Crippen LogP contribution in [-0.4, -0.2) is 40.2 Å². The van der Waals surface area contributed by atoms with E-state index in [-0.39, 0.29) is 6.61 Å². The zero-order chi connectivity index (χ0) is 13.7. The van der Waals surface area contributed by atoms with Crippen molar-refractivity contribution in [3.8, 4) is 11.8 Å². The van der Waals surface area contributed by atoms with Crippen molar-refractivity contribution < 1.29 is 5.11 Å². The molecule has 0 radical (unpaired) electrons. The number of aliphatic hydroxyl groups excluding tert-OH is 1. The summed E-state index contributed by atoms with van der Waals surface area (Å²) >= 11 is 3.82. The number of hydrogen-bond acceptors (Lipinski definition) is 4. The third kappa shape index (κ3) is 4.85. The molecule has 2 heterocycles. The summed E-state index contributed by atoms with van der Waals surface area (Å²) < 4.78 is 0.419. The zero-order valence-electron chi connectivity index (χ0n) is 11.6. The number of nitrogens with zero attached hydrogens (tertiary/aromatic N) is 1. The lowest BCUT2D eigenvalue weighted by atomic mass is 10.1. The molecule has 0 atom stereocenters. The molecular formula is C15H21NOS2. The fraction of sp³-hybridized carbons (Fsp3) is 0.600. The van der Waals surface area contributed by atoms with Crippen molar-refractivity contribution in [2.24, 2.45) is 0 Å². The quantitative estimate of drug-likeness (QED) is 0.849. The molecule has 0 unspecified atom stereocenters. The lowest BCUT2D eigenvalue weighted by Gasteiger charge is -2.22. The van der Waals surface area contributed by atoms with Crippen LogP contribution in [0.25, 0.3) is 0 Å². The molecule has 1 fully saturated rings. The van der Waals surface area contributed by atoms with Crippen LogP contribution < -0.4 is 0 Å². The Kier molecular flexibility index (Phi) is 5.35. The SMILES string of the molecule is CC1(C)CCN(Cc2ccc(C#CCO)s2)CCS1. The Hall–Kier alpha value is -0.470. The molecule has 1 N–H and O–H groups in total. The number of rotatable bonds is 2. The molecule has 2 rings (SSSR count). The molecule has 1 aliphatic rings. The van der Waals surface area contributed by atoms with E-state index < -0.39 is 0 Å². The normalized spacial score (nSPS) is 19.5. The predicted octanol–water partition coefficient (Wildman–Crippen LogP) is 2.81. The number of aliphatic hydroxyl groups is 1. The Balaban J connectivity index is 1.92. The van der Waals surface area contributed by atoms with E-state index >= 15 is 0 Å². The summed E-state index contributed by atoms with van der Waals surface area (Å²) in [7, 11) is 0. The Morgan fingerprint density at radius 3 is 3.00 bits per heavy atom. The Labute approximate surface area is 124 Å². The lowest BCUT2D eigenvalue weighted by molar-refractivity contribution is 0.278. The second-order valence-corrected chi connectivity index (χ2v) is 8.33. The number of hydrogen-bond donors (Lipinski definition) is 1. The van der Waals surface area contributed by atoms with Crippen molar-refractivity contribution in [3.05, 3.63) is 21.9 Å². The van der Waals surface area contributed by atoms with E-state index in [1.165, 1.54) is 30.1 Å². The molecule has 0 spiro atoms. The fourth-order valence-corrected chi connectivity index (χ4v) is 4.16. The molecule has 19 heavy (non-hydrogen) atoms. The average Bonchev–Trinajstić information content (AvgIpc) is 2.73. The maximum atomic E-state index is 8.70. The highest BCUT2D eigenvalue weighted by Crippen LogP contribution is 2.31. The third-order valence-electron chi connectivity index (χ3n) is 3.26. The predicted molar refractivity (Wildman–Crippen MR) is 84.7 cm³/mol. The summed E-state index contributed by atoms with van der Waals surface area (Å²) in [6.07, 6.45) is 1.25. The number of thioether (sulfide) groups is 1. The topological polar surface area (TPSA) is 23.5 Å². The van der Waals surface area contributed by atoms with E-state index in [0.29, 0.717) is 4.75 Å². The zero-order valence-corrected chi connectivity index (χ0v) is 13.2. The fourth-order valence-electron chi connectivity index (χ4n) is 2.10. The molecular weight excluding hydrogens is 274 g/mol. The van der Waals surface area contributed by atoms with Crippen LogP contribution in [0.15, 0.2) is 12.1 Å². The second-order valence-electron chi connectivity index (χ2n) is 5.36. The van der Waals surface area contributed by atoms with Crippen LogP contribution >= 0.6 is 23.1 Å². The summed E-state index contributed by atoms with van der Waals surface area (Å²) in [5.74, 6) is 6.89. The molecule has 2 nitrogen and oxygen atoms in total. The van der Waals surface area contributed by atoms with Gasteiger partial charge < -0.3 is 5.11 Å². The van der Waals surface area contributed by atoms with Crippen LogP contribution in [0, 0.1) is 11.8 Å². The molecule has 1 aromatic rings. The second kappa shape index (κ2) is 6.81. The van der Waals surface area contributed by atoms with Crippen molar-refractivity contribution in [1.82, 2.24) is 4.90 Å². The van der Waals surface area contributed by atoms with E-state index in [1.807, 2.05) is 0 Å². The molecule has 0 saturated carbocycles. The van der Waals surface area contributed by atoms with E-state index in [9.17, 15) is 0 Å². The van der Waals surface area contributed by atoms with Gasteiger partial charge in [0.2, 0.25) is 0 Å². The monoisotopic (exact) mass is 295 g/mol. The molecule has 0 amide bonds. The molecule has 0 aromatic carbocycles.